The van der Waals surface area contributed by atoms with E-state index in [-0.39, 0.29) is 22.7 Å². The molecule has 2 rings (SSSR count). The molecule has 0 aliphatic heterocycles. The van der Waals surface area contributed by atoms with Crippen molar-refractivity contribution < 1.29 is 4.74 Å². The monoisotopic (exact) mass is 423 g/mol. The SMILES string of the molecule is CC(=N)OC(N)CC(C)(C)CCCc1cccc(C(=N)C(=N)c2ccccc2)c1.CN. The third kappa shape index (κ3) is 9.24. The van der Waals surface area contributed by atoms with Gasteiger partial charge in [0.15, 0.2) is 5.90 Å². The standard InChI is InChI=1S/C24H32N4O.CH5N/c1-17(25)29-21(26)16-24(2,3)14-8-10-18-9-7-13-20(15-18)23(28)22(27)19-11-5-4-6-12-19;1-2/h4-7,9,11-13,15,21,25,27-28H,8,10,14,16,26H2,1-3H3;2H2,1H3. The second kappa shape index (κ2) is 12.8. The highest BCUT2D eigenvalue weighted by atomic mass is 16.5. The van der Waals surface area contributed by atoms with E-state index < -0.39 is 6.23 Å². The van der Waals surface area contributed by atoms with E-state index in [1.807, 2.05) is 48.5 Å². The summed E-state index contributed by atoms with van der Waals surface area (Å²) in [5.74, 6) is 0.147. The Labute approximate surface area is 186 Å². The van der Waals surface area contributed by atoms with Crippen LogP contribution < -0.4 is 11.5 Å². The Morgan fingerprint density at radius 1 is 0.935 bits per heavy atom. The van der Waals surface area contributed by atoms with Crippen molar-refractivity contribution in [3.05, 3.63) is 71.3 Å². The van der Waals surface area contributed by atoms with Gasteiger partial charge in [0.25, 0.3) is 0 Å². The Morgan fingerprint density at radius 2 is 1.52 bits per heavy atom. The zero-order valence-corrected chi connectivity index (χ0v) is 19.2. The summed E-state index contributed by atoms with van der Waals surface area (Å²) in [5.41, 5.74) is 13.7. The van der Waals surface area contributed by atoms with Gasteiger partial charge in [-0.2, -0.15) is 0 Å². The highest BCUT2D eigenvalue weighted by Gasteiger charge is 2.22. The molecule has 6 heteroatoms. The van der Waals surface area contributed by atoms with Gasteiger partial charge in [-0.25, -0.2) is 0 Å². The Bertz CT molecular complexity index is 861. The van der Waals surface area contributed by atoms with Crippen molar-refractivity contribution in [2.75, 3.05) is 7.05 Å². The first kappa shape index (κ1) is 26.2. The number of ether oxygens (including phenoxy) is 1. The van der Waals surface area contributed by atoms with E-state index in [0.717, 1.165) is 30.4 Å². The highest BCUT2D eigenvalue weighted by molar-refractivity contribution is 6.51. The lowest BCUT2D eigenvalue weighted by Gasteiger charge is -2.28. The smallest absolute Gasteiger partial charge is 0.179 e. The minimum Gasteiger partial charge on any atom is -0.463 e. The molecule has 168 valence electrons. The number of nitrogens with one attached hydrogen (secondary N) is 3. The van der Waals surface area contributed by atoms with E-state index >= 15 is 0 Å². The van der Waals surface area contributed by atoms with Crippen molar-refractivity contribution >= 4 is 17.3 Å². The van der Waals surface area contributed by atoms with Gasteiger partial charge >= 0.3 is 0 Å². The largest absolute Gasteiger partial charge is 0.463 e. The Balaban J connectivity index is 0.00000233. The fraction of sp³-hybridized carbons (Fsp3) is 0.400. The molecule has 31 heavy (non-hydrogen) atoms. The van der Waals surface area contributed by atoms with Gasteiger partial charge in [0.1, 0.15) is 6.23 Å². The van der Waals surface area contributed by atoms with Crippen molar-refractivity contribution in [3.8, 4) is 0 Å². The number of rotatable bonds is 10. The number of nitrogens with two attached hydrogens (primary N) is 2. The molecule has 2 aromatic carbocycles. The van der Waals surface area contributed by atoms with E-state index in [1.165, 1.54) is 12.6 Å². The van der Waals surface area contributed by atoms with E-state index in [1.54, 1.807) is 6.92 Å². The molecule has 0 radical (unpaired) electrons. The predicted molar refractivity (Wildman–Crippen MR) is 130 cm³/mol. The van der Waals surface area contributed by atoms with Crippen molar-refractivity contribution in [1.82, 2.24) is 0 Å². The minimum absolute atomic E-state index is 0.0224. The van der Waals surface area contributed by atoms with Crippen LogP contribution in [0.25, 0.3) is 0 Å². The van der Waals surface area contributed by atoms with Crippen LogP contribution >= 0.6 is 0 Å². The maximum Gasteiger partial charge on any atom is 0.179 e. The maximum atomic E-state index is 8.41. The fourth-order valence-electron chi connectivity index (χ4n) is 3.46. The summed E-state index contributed by atoms with van der Waals surface area (Å²) >= 11 is 0. The van der Waals surface area contributed by atoms with Crippen molar-refractivity contribution in [3.63, 3.8) is 0 Å². The predicted octanol–water partition coefficient (Wildman–Crippen LogP) is 4.74. The van der Waals surface area contributed by atoms with Crippen molar-refractivity contribution in [2.45, 2.75) is 52.7 Å². The van der Waals surface area contributed by atoms with Crippen LogP contribution in [0.3, 0.4) is 0 Å². The lowest BCUT2D eigenvalue weighted by Crippen LogP contribution is -2.31. The first-order chi connectivity index (χ1) is 14.7. The first-order valence-corrected chi connectivity index (χ1v) is 10.6. The van der Waals surface area contributed by atoms with Gasteiger partial charge in [0.2, 0.25) is 0 Å². The fourth-order valence-corrected chi connectivity index (χ4v) is 3.46. The molecule has 2 aromatic rings. The summed E-state index contributed by atoms with van der Waals surface area (Å²) in [4.78, 5) is 0. The molecule has 0 aromatic heterocycles. The van der Waals surface area contributed by atoms with Crippen molar-refractivity contribution in [1.29, 1.82) is 16.2 Å². The summed E-state index contributed by atoms with van der Waals surface area (Å²) < 4.78 is 5.27. The molecular weight excluding hydrogens is 386 g/mol. The Kier molecular flexibility index (Phi) is 10.8. The molecule has 0 aliphatic rings. The average Bonchev–Trinajstić information content (AvgIpc) is 2.73. The summed E-state index contributed by atoms with van der Waals surface area (Å²) in [5, 5.41) is 24.1. The zero-order chi connectivity index (χ0) is 23.4. The van der Waals surface area contributed by atoms with Gasteiger partial charge in [-0.1, -0.05) is 62.4 Å². The highest BCUT2D eigenvalue weighted by Crippen LogP contribution is 2.29. The lowest BCUT2D eigenvalue weighted by molar-refractivity contribution is 0.122. The van der Waals surface area contributed by atoms with Crippen LogP contribution in [-0.2, 0) is 11.2 Å². The number of benzene rings is 2. The minimum atomic E-state index is -0.449. The quantitative estimate of drug-likeness (QED) is 0.215. The summed E-state index contributed by atoms with van der Waals surface area (Å²) in [6, 6.07) is 17.3. The van der Waals surface area contributed by atoms with Gasteiger partial charge < -0.3 is 10.5 Å². The molecule has 0 saturated heterocycles. The molecule has 0 aliphatic carbocycles. The van der Waals surface area contributed by atoms with Crippen LogP contribution in [0, 0.1) is 21.6 Å². The van der Waals surface area contributed by atoms with Gasteiger partial charge in [-0.15, -0.1) is 0 Å². The molecule has 1 atom stereocenters. The van der Waals surface area contributed by atoms with Crippen LogP contribution in [0.1, 0.15) is 56.7 Å². The number of hydrogen-bond donors (Lipinski definition) is 5. The molecule has 0 fully saturated rings. The molecule has 0 amide bonds. The van der Waals surface area contributed by atoms with Gasteiger partial charge in [-0.05, 0) is 43.4 Å². The third-order valence-electron chi connectivity index (χ3n) is 4.93. The normalized spacial score (nSPS) is 11.7. The van der Waals surface area contributed by atoms with Crippen LogP contribution in [0.4, 0.5) is 0 Å². The summed E-state index contributed by atoms with van der Waals surface area (Å²) in [6.07, 6.45) is 3.14. The molecule has 0 bridgehead atoms. The second-order valence-electron chi connectivity index (χ2n) is 8.25. The summed E-state index contributed by atoms with van der Waals surface area (Å²) in [6.45, 7) is 5.93. The Morgan fingerprint density at radius 3 is 2.13 bits per heavy atom. The molecule has 0 heterocycles. The van der Waals surface area contributed by atoms with Crippen LogP contribution in [0.5, 0.6) is 0 Å². The number of hydrogen-bond acceptors (Lipinski definition) is 6. The van der Waals surface area contributed by atoms with E-state index in [4.69, 9.17) is 26.7 Å². The van der Waals surface area contributed by atoms with Crippen LogP contribution in [-0.4, -0.2) is 30.6 Å². The second-order valence-corrected chi connectivity index (χ2v) is 8.25. The average molecular weight is 424 g/mol. The molecule has 0 spiro atoms. The molecule has 1 unspecified atom stereocenters. The van der Waals surface area contributed by atoms with Crippen LogP contribution in [0.15, 0.2) is 54.6 Å². The molecular formula is C25H37N5O. The van der Waals surface area contributed by atoms with Gasteiger partial charge in [0.05, 0.1) is 11.4 Å². The maximum absolute atomic E-state index is 8.41. The zero-order valence-electron chi connectivity index (χ0n) is 19.2. The number of aryl methyl sites for hydroxylation is 1. The Hall–Kier alpha value is -2.83. The molecule has 0 saturated carbocycles. The van der Waals surface area contributed by atoms with Crippen LogP contribution in [0.2, 0.25) is 0 Å². The first-order valence-electron chi connectivity index (χ1n) is 10.6. The third-order valence-corrected chi connectivity index (χ3v) is 4.93. The van der Waals surface area contributed by atoms with Gasteiger partial charge in [0, 0.05) is 24.5 Å². The lowest BCUT2D eigenvalue weighted by atomic mass is 9.82. The summed E-state index contributed by atoms with van der Waals surface area (Å²) in [7, 11) is 1.50. The van der Waals surface area contributed by atoms with Crippen molar-refractivity contribution in [2.24, 2.45) is 16.9 Å². The molecule has 7 N–H and O–H groups in total. The molecule has 6 nitrogen and oxygen atoms in total. The van der Waals surface area contributed by atoms with Gasteiger partial charge in [-0.3, -0.25) is 22.0 Å². The van der Waals surface area contributed by atoms with E-state index in [0.29, 0.717) is 6.42 Å². The topological polar surface area (TPSA) is 133 Å². The van der Waals surface area contributed by atoms with E-state index in [2.05, 4.69) is 25.6 Å². The van der Waals surface area contributed by atoms with E-state index in [9.17, 15) is 0 Å².